The van der Waals surface area contributed by atoms with Gasteiger partial charge in [-0.2, -0.15) is 0 Å². The molecule has 0 spiro atoms. The van der Waals surface area contributed by atoms with Crippen molar-refractivity contribution in [1.29, 1.82) is 0 Å². The lowest BCUT2D eigenvalue weighted by Crippen LogP contribution is -2.58. The van der Waals surface area contributed by atoms with E-state index in [1.807, 2.05) is 12.1 Å². The third kappa shape index (κ3) is 6.12. The van der Waals surface area contributed by atoms with E-state index in [1.165, 1.54) is 54.8 Å². The molecule has 1 saturated heterocycles. The molecule has 1 aliphatic rings. The molecule has 29 heavy (non-hydrogen) atoms. The van der Waals surface area contributed by atoms with Crippen LogP contribution in [0.4, 0.5) is 17.1 Å². The highest BCUT2D eigenvalue weighted by Gasteiger charge is 2.27. The number of hydrogen-bond donors (Lipinski definition) is 3. The topological polar surface area (TPSA) is 67.3 Å². The lowest BCUT2D eigenvalue weighted by atomic mass is 10.0. The van der Waals surface area contributed by atoms with Crippen molar-refractivity contribution >= 4 is 17.1 Å². The molecule has 0 bridgehead atoms. The standard InChI is InChI=1S/C24H38N5/c1-19-17-21(6-8-23(19)25)5-4-14-29(3)15-12-28(13-16-29)11-10-27-22-7-9-24(26)20(2)18-22/h6-9,17-18,27H,4-5,10-16,25-26H2,1-3H3/q+1. The van der Waals surface area contributed by atoms with Crippen LogP contribution in [0, 0.1) is 13.8 Å². The summed E-state index contributed by atoms with van der Waals surface area (Å²) in [5.41, 5.74) is 18.5. The average molecular weight is 397 g/mol. The Kier molecular flexibility index (Phi) is 7.04. The highest BCUT2D eigenvalue weighted by Crippen LogP contribution is 2.18. The fourth-order valence-corrected chi connectivity index (χ4v) is 4.14. The monoisotopic (exact) mass is 396 g/mol. The highest BCUT2D eigenvalue weighted by molar-refractivity contribution is 5.56. The predicted molar refractivity (Wildman–Crippen MR) is 125 cm³/mol. The van der Waals surface area contributed by atoms with Gasteiger partial charge >= 0.3 is 0 Å². The van der Waals surface area contributed by atoms with Gasteiger partial charge in [0.2, 0.25) is 0 Å². The molecule has 0 amide bonds. The van der Waals surface area contributed by atoms with Gasteiger partial charge in [-0.1, -0.05) is 12.1 Å². The molecule has 1 heterocycles. The zero-order valence-electron chi connectivity index (χ0n) is 18.4. The summed E-state index contributed by atoms with van der Waals surface area (Å²) in [6, 6.07) is 12.6. The lowest BCUT2D eigenvalue weighted by Gasteiger charge is -2.42. The number of anilines is 3. The first-order valence-corrected chi connectivity index (χ1v) is 10.9. The van der Waals surface area contributed by atoms with Gasteiger partial charge in [-0.15, -0.1) is 0 Å². The molecule has 2 aromatic rings. The van der Waals surface area contributed by atoms with Crippen LogP contribution in [-0.4, -0.2) is 62.2 Å². The third-order valence-electron chi connectivity index (χ3n) is 6.44. The number of benzene rings is 2. The van der Waals surface area contributed by atoms with Crippen molar-refractivity contribution < 1.29 is 4.48 Å². The molecule has 158 valence electrons. The van der Waals surface area contributed by atoms with Crippen molar-refractivity contribution in [1.82, 2.24) is 4.90 Å². The highest BCUT2D eigenvalue weighted by atomic mass is 15.4. The van der Waals surface area contributed by atoms with E-state index < -0.39 is 0 Å². The van der Waals surface area contributed by atoms with Crippen LogP contribution >= 0.6 is 0 Å². The van der Waals surface area contributed by atoms with E-state index in [4.69, 9.17) is 11.5 Å². The fourth-order valence-electron chi connectivity index (χ4n) is 4.14. The number of rotatable bonds is 8. The molecule has 5 nitrogen and oxygen atoms in total. The number of hydrogen-bond acceptors (Lipinski definition) is 4. The molecule has 1 aliphatic heterocycles. The zero-order chi connectivity index (χ0) is 20.9. The van der Waals surface area contributed by atoms with Gasteiger partial charge < -0.3 is 21.3 Å². The van der Waals surface area contributed by atoms with E-state index in [2.05, 4.69) is 55.4 Å². The Bertz CT molecular complexity index is 809. The Morgan fingerprint density at radius 2 is 1.62 bits per heavy atom. The predicted octanol–water partition coefficient (Wildman–Crippen LogP) is 3.27. The second-order valence-electron chi connectivity index (χ2n) is 8.92. The zero-order valence-corrected chi connectivity index (χ0v) is 18.4. The van der Waals surface area contributed by atoms with E-state index >= 15 is 0 Å². The van der Waals surface area contributed by atoms with Gasteiger partial charge in [0, 0.05) is 49.7 Å². The number of nitrogen functional groups attached to an aromatic ring is 2. The average Bonchev–Trinajstić information content (AvgIpc) is 2.69. The molecule has 0 atom stereocenters. The van der Waals surface area contributed by atoms with Crippen LogP contribution in [0.5, 0.6) is 0 Å². The number of nitrogens with zero attached hydrogens (tertiary/aromatic N) is 2. The maximum Gasteiger partial charge on any atom is 0.0914 e. The second kappa shape index (κ2) is 9.51. The molecule has 0 saturated carbocycles. The first kappa shape index (κ1) is 21.5. The summed E-state index contributed by atoms with van der Waals surface area (Å²) in [6.45, 7) is 12.3. The molecule has 0 aliphatic carbocycles. The number of likely N-dealkylation sites (N-methyl/N-ethyl adjacent to an activating group) is 1. The number of quaternary nitrogens is 1. The SMILES string of the molecule is Cc1cc(CCC[N+]2(C)CCN(CCNc3ccc(N)c(C)c3)CC2)ccc1N. The first-order valence-electron chi connectivity index (χ1n) is 10.9. The molecule has 1 fully saturated rings. The van der Waals surface area contributed by atoms with Gasteiger partial charge in [-0.25, -0.2) is 0 Å². The van der Waals surface area contributed by atoms with Crippen molar-refractivity contribution in [3.8, 4) is 0 Å². The van der Waals surface area contributed by atoms with E-state index in [1.54, 1.807) is 0 Å². The van der Waals surface area contributed by atoms with Gasteiger partial charge in [0.25, 0.3) is 0 Å². The summed E-state index contributed by atoms with van der Waals surface area (Å²) in [6.07, 6.45) is 2.38. The smallest absolute Gasteiger partial charge is 0.0914 e. The van der Waals surface area contributed by atoms with Crippen molar-refractivity contribution in [2.24, 2.45) is 0 Å². The van der Waals surface area contributed by atoms with Crippen molar-refractivity contribution in [2.45, 2.75) is 26.7 Å². The van der Waals surface area contributed by atoms with Crippen LogP contribution < -0.4 is 16.8 Å². The minimum absolute atomic E-state index is 0.857. The summed E-state index contributed by atoms with van der Waals surface area (Å²) >= 11 is 0. The fraction of sp³-hybridized carbons (Fsp3) is 0.500. The molecular weight excluding hydrogens is 358 g/mol. The van der Waals surface area contributed by atoms with E-state index in [-0.39, 0.29) is 0 Å². The van der Waals surface area contributed by atoms with Crippen molar-refractivity contribution in [3.05, 3.63) is 53.1 Å². The first-order chi connectivity index (χ1) is 13.8. The summed E-state index contributed by atoms with van der Waals surface area (Å²) < 4.78 is 1.19. The van der Waals surface area contributed by atoms with Gasteiger partial charge in [0.15, 0.2) is 0 Å². The third-order valence-corrected chi connectivity index (χ3v) is 6.44. The van der Waals surface area contributed by atoms with Gasteiger partial charge in [0.05, 0.1) is 26.7 Å². The number of piperazine rings is 1. The Labute approximate surface area is 176 Å². The Morgan fingerprint density at radius 1 is 0.966 bits per heavy atom. The van der Waals surface area contributed by atoms with Gasteiger partial charge in [-0.3, -0.25) is 4.90 Å². The minimum atomic E-state index is 0.857. The van der Waals surface area contributed by atoms with Gasteiger partial charge in [0.1, 0.15) is 0 Å². The number of nitrogens with two attached hydrogens (primary N) is 2. The molecule has 0 unspecified atom stereocenters. The van der Waals surface area contributed by atoms with Crippen LogP contribution in [0.3, 0.4) is 0 Å². The Balaban J connectivity index is 1.36. The summed E-state index contributed by atoms with van der Waals surface area (Å²) in [5, 5.41) is 3.53. The molecule has 5 heteroatoms. The van der Waals surface area contributed by atoms with E-state index in [0.29, 0.717) is 0 Å². The van der Waals surface area contributed by atoms with Crippen LogP contribution in [0.2, 0.25) is 0 Å². The van der Waals surface area contributed by atoms with Crippen LogP contribution in [0.25, 0.3) is 0 Å². The molecule has 0 aromatic heterocycles. The van der Waals surface area contributed by atoms with Crippen molar-refractivity contribution in [2.75, 3.05) is 69.6 Å². The molecule has 3 rings (SSSR count). The number of aryl methyl sites for hydroxylation is 3. The Morgan fingerprint density at radius 3 is 2.28 bits per heavy atom. The molecular formula is C24H38N5+. The molecule has 5 N–H and O–H groups in total. The van der Waals surface area contributed by atoms with E-state index in [0.717, 1.165) is 42.1 Å². The summed E-state index contributed by atoms with van der Waals surface area (Å²) in [5.74, 6) is 0. The van der Waals surface area contributed by atoms with Crippen LogP contribution in [0.1, 0.15) is 23.1 Å². The summed E-state index contributed by atoms with van der Waals surface area (Å²) in [4.78, 5) is 2.58. The van der Waals surface area contributed by atoms with Gasteiger partial charge in [-0.05, 0) is 61.2 Å². The maximum atomic E-state index is 5.93. The Hall–Kier alpha value is -2.24. The van der Waals surface area contributed by atoms with Crippen molar-refractivity contribution in [3.63, 3.8) is 0 Å². The van der Waals surface area contributed by atoms with Crippen LogP contribution in [0.15, 0.2) is 36.4 Å². The van der Waals surface area contributed by atoms with Crippen LogP contribution in [-0.2, 0) is 6.42 Å². The number of nitrogens with one attached hydrogen (secondary N) is 1. The quantitative estimate of drug-likeness (QED) is 0.473. The minimum Gasteiger partial charge on any atom is -0.399 e. The molecule has 0 radical (unpaired) electrons. The van der Waals surface area contributed by atoms with E-state index in [9.17, 15) is 0 Å². The largest absolute Gasteiger partial charge is 0.399 e. The lowest BCUT2D eigenvalue weighted by molar-refractivity contribution is -0.913. The summed E-state index contributed by atoms with van der Waals surface area (Å²) in [7, 11) is 2.42. The maximum absolute atomic E-state index is 5.93. The normalized spacial score (nSPS) is 16.7. The molecule has 2 aromatic carbocycles. The second-order valence-corrected chi connectivity index (χ2v) is 8.92.